The number of rotatable bonds is 2. The van der Waals surface area contributed by atoms with Crippen molar-refractivity contribution in [2.75, 3.05) is 18.8 Å². The third-order valence-electron chi connectivity index (χ3n) is 4.59. The van der Waals surface area contributed by atoms with Crippen molar-refractivity contribution in [1.82, 2.24) is 4.90 Å². The Morgan fingerprint density at radius 1 is 1.39 bits per heavy atom. The van der Waals surface area contributed by atoms with Crippen molar-refractivity contribution in [3.8, 4) is 6.07 Å². The van der Waals surface area contributed by atoms with Crippen LogP contribution >= 0.6 is 11.8 Å². The van der Waals surface area contributed by atoms with Gasteiger partial charge in [0.15, 0.2) is 0 Å². The van der Waals surface area contributed by atoms with Crippen LogP contribution in [0.2, 0.25) is 0 Å². The molecule has 0 aromatic heterocycles. The van der Waals surface area contributed by atoms with Crippen LogP contribution in [0, 0.1) is 23.2 Å². The molecule has 18 heavy (non-hydrogen) atoms. The fourth-order valence-corrected chi connectivity index (χ4v) is 4.63. The van der Waals surface area contributed by atoms with Crippen LogP contribution in [0.4, 0.5) is 0 Å². The maximum absolute atomic E-state index is 9.40. The van der Waals surface area contributed by atoms with E-state index in [0.29, 0.717) is 10.8 Å². The molecule has 2 nitrogen and oxygen atoms in total. The van der Waals surface area contributed by atoms with E-state index >= 15 is 0 Å². The largest absolute Gasteiger partial charge is 0.297 e. The topological polar surface area (TPSA) is 27.0 Å². The van der Waals surface area contributed by atoms with E-state index in [2.05, 4.69) is 43.5 Å². The van der Waals surface area contributed by atoms with Crippen molar-refractivity contribution in [3.63, 3.8) is 0 Å². The second-order valence-corrected chi connectivity index (χ2v) is 8.27. The Balaban J connectivity index is 2.06. The molecular weight excluding hydrogens is 240 g/mol. The van der Waals surface area contributed by atoms with Gasteiger partial charge in [0, 0.05) is 29.6 Å². The highest BCUT2D eigenvalue weighted by molar-refractivity contribution is 8.00. The molecule has 1 heterocycles. The minimum atomic E-state index is 0.270. The monoisotopic (exact) mass is 266 g/mol. The van der Waals surface area contributed by atoms with Gasteiger partial charge >= 0.3 is 0 Å². The van der Waals surface area contributed by atoms with Crippen molar-refractivity contribution in [1.29, 1.82) is 5.26 Å². The Morgan fingerprint density at radius 2 is 2.17 bits per heavy atom. The fraction of sp³-hybridized carbons (Fsp3) is 0.933. The third kappa shape index (κ3) is 3.22. The zero-order chi connectivity index (χ0) is 13.2. The van der Waals surface area contributed by atoms with Crippen LogP contribution in [-0.4, -0.2) is 34.5 Å². The zero-order valence-corrected chi connectivity index (χ0v) is 12.8. The second kappa shape index (κ2) is 5.84. The fourth-order valence-electron chi connectivity index (χ4n) is 3.49. The first-order chi connectivity index (χ1) is 8.55. The molecule has 0 aromatic carbocycles. The van der Waals surface area contributed by atoms with Gasteiger partial charge in [0.2, 0.25) is 0 Å². The summed E-state index contributed by atoms with van der Waals surface area (Å²) in [6.45, 7) is 9.30. The van der Waals surface area contributed by atoms with E-state index in [1.165, 1.54) is 31.6 Å². The van der Waals surface area contributed by atoms with Crippen LogP contribution < -0.4 is 0 Å². The summed E-state index contributed by atoms with van der Waals surface area (Å²) in [5.41, 5.74) is 0. The Labute approximate surface area is 116 Å². The summed E-state index contributed by atoms with van der Waals surface area (Å²) in [5, 5.41) is 9.40. The van der Waals surface area contributed by atoms with Gasteiger partial charge in [-0.25, -0.2) is 0 Å². The average Bonchev–Trinajstić information content (AvgIpc) is 2.36. The molecule has 1 aliphatic heterocycles. The maximum Gasteiger partial charge on any atom is 0.0672 e. The summed E-state index contributed by atoms with van der Waals surface area (Å²) in [5.74, 6) is 2.34. The Morgan fingerprint density at radius 3 is 2.78 bits per heavy atom. The molecule has 1 saturated carbocycles. The van der Waals surface area contributed by atoms with Crippen molar-refractivity contribution >= 4 is 11.8 Å². The molecule has 0 amide bonds. The first-order valence-electron chi connectivity index (χ1n) is 7.33. The third-order valence-corrected chi connectivity index (χ3v) is 5.89. The van der Waals surface area contributed by atoms with Crippen molar-refractivity contribution in [2.45, 2.75) is 57.2 Å². The first-order valence-corrected chi connectivity index (χ1v) is 8.32. The van der Waals surface area contributed by atoms with Crippen molar-refractivity contribution in [2.24, 2.45) is 11.8 Å². The molecule has 3 unspecified atom stereocenters. The Bertz CT molecular complexity index is 321. The lowest BCUT2D eigenvalue weighted by molar-refractivity contribution is 0.0950. The van der Waals surface area contributed by atoms with E-state index in [9.17, 15) is 5.26 Å². The van der Waals surface area contributed by atoms with Gasteiger partial charge in [0.05, 0.1) is 12.0 Å². The molecule has 2 aliphatic rings. The molecule has 0 bridgehead atoms. The van der Waals surface area contributed by atoms with Crippen molar-refractivity contribution in [3.05, 3.63) is 0 Å². The Hall–Kier alpha value is -0.200. The molecule has 102 valence electrons. The van der Waals surface area contributed by atoms with Crippen LogP contribution in [0.15, 0.2) is 0 Å². The first kappa shape index (κ1) is 14.2. The highest BCUT2D eigenvalue weighted by atomic mass is 32.2. The number of hydrogen-bond acceptors (Lipinski definition) is 3. The molecule has 1 saturated heterocycles. The van der Waals surface area contributed by atoms with E-state index in [1.54, 1.807) is 0 Å². The molecular formula is C15H26N2S. The number of thioether (sulfide) groups is 1. The lowest BCUT2D eigenvalue weighted by Crippen LogP contribution is -2.52. The highest BCUT2D eigenvalue weighted by Crippen LogP contribution is 2.38. The summed E-state index contributed by atoms with van der Waals surface area (Å²) in [4.78, 5) is 2.62. The smallest absolute Gasteiger partial charge is 0.0672 e. The SMILES string of the molecule is CCC1CCC(C#N)C(N2CCSC(C)(C)C2)C1. The number of nitriles is 1. The van der Waals surface area contributed by atoms with Crippen LogP contribution in [0.25, 0.3) is 0 Å². The molecule has 3 heteroatoms. The van der Waals surface area contributed by atoms with Gasteiger partial charge < -0.3 is 0 Å². The molecule has 0 spiro atoms. The van der Waals surface area contributed by atoms with E-state index in [-0.39, 0.29) is 5.92 Å². The van der Waals surface area contributed by atoms with Crippen LogP contribution in [-0.2, 0) is 0 Å². The predicted molar refractivity (Wildman–Crippen MR) is 78.6 cm³/mol. The summed E-state index contributed by atoms with van der Waals surface area (Å²) < 4.78 is 0.359. The predicted octanol–water partition coefficient (Wildman–Crippen LogP) is 3.53. The van der Waals surface area contributed by atoms with Gasteiger partial charge in [-0.3, -0.25) is 4.90 Å². The van der Waals surface area contributed by atoms with Gasteiger partial charge in [-0.1, -0.05) is 13.3 Å². The van der Waals surface area contributed by atoms with E-state index in [4.69, 9.17) is 0 Å². The van der Waals surface area contributed by atoms with Gasteiger partial charge in [-0.15, -0.1) is 0 Å². The molecule has 0 radical (unpaired) electrons. The average molecular weight is 266 g/mol. The summed E-state index contributed by atoms with van der Waals surface area (Å²) in [6.07, 6.45) is 4.90. The molecule has 2 fully saturated rings. The molecule has 1 aliphatic carbocycles. The Kier molecular flexibility index (Phi) is 4.61. The highest BCUT2D eigenvalue weighted by Gasteiger charge is 2.38. The summed E-state index contributed by atoms with van der Waals surface area (Å²) in [7, 11) is 0. The maximum atomic E-state index is 9.40. The van der Waals surface area contributed by atoms with Crippen molar-refractivity contribution < 1.29 is 0 Å². The lowest BCUT2D eigenvalue weighted by atomic mass is 9.77. The minimum absolute atomic E-state index is 0.270. The number of nitrogens with zero attached hydrogens (tertiary/aromatic N) is 2. The molecule has 3 atom stereocenters. The van der Waals surface area contributed by atoms with E-state index in [1.807, 2.05) is 0 Å². The quantitative estimate of drug-likeness (QED) is 0.765. The zero-order valence-electron chi connectivity index (χ0n) is 12.0. The molecule has 0 N–H and O–H groups in total. The molecule has 2 rings (SSSR count). The molecule has 0 aromatic rings. The standard InChI is InChI=1S/C15H26N2S/c1-4-12-5-6-13(10-16)14(9-12)17-7-8-18-15(2,3)11-17/h12-14H,4-9,11H2,1-3H3. The van der Waals surface area contributed by atoms with Crippen LogP contribution in [0.1, 0.15) is 46.5 Å². The summed E-state index contributed by atoms with van der Waals surface area (Å²) in [6, 6.07) is 3.10. The normalized spacial score (nSPS) is 37.1. The van der Waals surface area contributed by atoms with Gasteiger partial charge in [0.25, 0.3) is 0 Å². The van der Waals surface area contributed by atoms with Crippen LogP contribution in [0.5, 0.6) is 0 Å². The lowest BCUT2D eigenvalue weighted by Gasteiger charge is -2.46. The number of hydrogen-bond donors (Lipinski definition) is 0. The summed E-state index contributed by atoms with van der Waals surface area (Å²) >= 11 is 2.08. The van der Waals surface area contributed by atoms with E-state index in [0.717, 1.165) is 18.9 Å². The van der Waals surface area contributed by atoms with Crippen LogP contribution in [0.3, 0.4) is 0 Å². The minimum Gasteiger partial charge on any atom is -0.297 e. The van der Waals surface area contributed by atoms with Gasteiger partial charge in [-0.2, -0.15) is 17.0 Å². The second-order valence-electron chi connectivity index (χ2n) is 6.47. The van der Waals surface area contributed by atoms with Gasteiger partial charge in [-0.05, 0) is 39.0 Å². The van der Waals surface area contributed by atoms with E-state index < -0.39 is 0 Å². The van der Waals surface area contributed by atoms with Gasteiger partial charge in [0.1, 0.15) is 0 Å².